The van der Waals surface area contributed by atoms with Gasteiger partial charge in [-0.1, -0.05) is 59.1 Å². The van der Waals surface area contributed by atoms with E-state index in [1.165, 1.54) is 6.07 Å². The van der Waals surface area contributed by atoms with E-state index in [2.05, 4.69) is 0 Å². The number of ether oxygens (including phenoxy) is 1. The van der Waals surface area contributed by atoms with Gasteiger partial charge in [-0.3, -0.25) is 4.79 Å². The van der Waals surface area contributed by atoms with E-state index in [1.807, 2.05) is 25.1 Å². The highest BCUT2D eigenvalue weighted by Gasteiger charge is 2.51. The monoisotopic (exact) mass is 455 g/mol. The third kappa shape index (κ3) is 4.25. The van der Waals surface area contributed by atoms with Crippen molar-refractivity contribution in [3.8, 4) is 0 Å². The Hall–Kier alpha value is -1.76. The van der Waals surface area contributed by atoms with Crippen LogP contribution in [0.15, 0.2) is 48.2 Å². The molecule has 0 radical (unpaired) electrons. The van der Waals surface area contributed by atoms with E-state index in [0.29, 0.717) is 22.2 Å². The molecule has 1 heterocycles. The molecular formula is C21H20Cl3NO4. The minimum atomic E-state index is -1.21. The van der Waals surface area contributed by atoms with Crippen LogP contribution in [0.25, 0.3) is 5.57 Å². The third-order valence-electron chi connectivity index (χ3n) is 4.76. The van der Waals surface area contributed by atoms with Gasteiger partial charge in [-0.2, -0.15) is 0 Å². The van der Waals surface area contributed by atoms with E-state index in [-0.39, 0.29) is 29.6 Å². The van der Waals surface area contributed by atoms with Crippen LogP contribution in [0.2, 0.25) is 15.1 Å². The largest absolute Gasteiger partial charge is 0.509 e. The summed E-state index contributed by atoms with van der Waals surface area (Å²) in [5.41, 5.74) is -0.0362. The first-order valence-corrected chi connectivity index (χ1v) is 10.1. The predicted molar refractivity (Wildman–Crippen MR) is 114 cm³/mol. The Balaban J connectivity index is 2.08. The number of nitrogens with zero attached hydrogens (tertiary/aromatic N) is 1. The van der Waals surface area contributed by atoms with E-state index in [9.17, 15) is 9.90 Å². The molecule has 0 spiro atoms. The standard InChI is InChI=1S/C21H20Cl3NO4/c1-3-28-12-29-25-20(27)18(15-9-8-14(22)10-17(15)24)19(26)21(25,2)11-13-6-4-5-7-16(13)23/h4-10,26H,3,11-12H2,1-2H3. The lowest BCUT2D eigenvalue weighted by molar-refractivity contribution is -0.245. The summed E-state index contributed by atoms with van der Waals surface area (Å²) in [5.74, 6) is -0.691. The van der Waals surface area contributed by atoms with Gasteiger partial charge in [0.05, 0.1) is 10.6 Å². The SMILES string of the molecule is CCOCON1C(=O)C(c2ccc(Cl)cc2Cl)=C(O)C1(C)Cc1ccccc1Cl. The number of aliphatic hydroxyl groups excluding tert-OH is 1. The second-order valence-electron chi connectivity index (χ2n) is 6.73. The fourth-order valence-corrected chi connectivity index (χ4v) is 3.98. The Kier molecular flexibility index (Phi) is 6.76. The summed E-state index contributed by atoms with van der Waals surface area (Å²) < 4.78 is 5.24. The lowest BCUT2D eigenvalue weighted by Gasteiger charge is -2.34. The Morgan fingerprint density at radius 1 is 1.10 bits per heavy atom. The van der Waals surface area contributed by atoms with Crippen molar-refractivity contribution in [3.63, 3.8) is 0 Å². The first-order valence-electron chi connectivity index (χ1n) is 8.97. The van der Waals surface area contributed by atoms with Crippen LogP contribution >= 0.6 is 34.8 Å². The van der Waals surface area contributed by atoms with Gasteiger partial charge in [-0.05, 0) is 37.6 Å². The van der Waals surface area contributed by atoms with Crippen LogP contribution in [0.3, 0.4) is 0 Å². The molecule has 0 saturated heterocycles. The van der Waals surface area contributed by atoms with Crippen LogP contribution in [0.5, 0.6) is 0 Å². The molecule has 0 aromatic heterocycles. The number of amides is 1. The van der Waals surface area contributed by atoms with Gasteiger partial charge in [0.25, 0.3) is 5.91 Å². The first kappa shape index (κ1) is 21.9. The number of rotatable bonds is 7. The molecule has 1 unspecified atom stereocenters. The van der Waals surface area contributed by atoms with Crippen LogP contribution < -0.4 is 0 Å². The topological polar surface area (TPSA) is 59.0 Å². The average molecular weight is 457 g/mol. The maximum absolute atomic E-state index is 13.2. The summed E-state index contributed by atoms with van der Waals surface area (Å²) >= 11 is 18.6. The minimum absolute atomic E-state index is 0.0534. The molecule has 1 N–H and O–H groups in total. The van der Waals surface area contributed by atoms with Gasteiger partial charge in [0.2, 0.25) is 0 Å². The number of benzene rings is 2. The molecule has 1 amide bonds. The van der Waals surface area contributed by atoms with Crippen molar-refractivity contribution in [1.29, 1.82) is 0 Å². The normalized spacial score (nSPS) is 19.3. The van der Waals surface area contributed by atoms with Crippen LogP contribution in [-0.2, 0) is 20.8 Å². The highest BCUT2D eigenvalue weighted by molar-refractivity contribution is 6.37. The summed E-state index contributed by atoms with van der Waals surface area (Å²) in [6, 6.07) is 11.9. The van der Waals surface area contributed by atoms with Crippen molar-refractivity contribution in [3.05, 3.63) is 74.4 Å². The summed E-state index contributed by atoms with van der Waals surface area (Å²) in [6.45, 7) is 3.78. The Morgan fingerprint density at radius 3 is 2.48 bits per heavy atom. The number of aliphatic hydroxyl groups is 1. The van der Waals surface area contributed by atoms with E-state index in [1.54, 1.807) is 25.1 Å². The third-order valence-corrected chi connectivity index (χ3v) is 5.67. The van der Waals surface area contributed by atoms with Crippen LogP contribution in [0, 0.1) is 0 Å². The molecule has 1 atom stereocenters. The molecule has 3 rings (SSSR count). The van der Waals surface area contributed by atoms with Crippen molar-refractivity contribution < 1.29 is 19.5 Å². The lowest BCUT2D eigenvalue weighted by atomic mass is 9.90. The highest BCUT2D eigenvalue weighted by atomic mass is 35.5. The molecule has 0 bridgehead atoms. The molecule has 1 aliphatic rings. The van der Waals surface area contributed by atoms with Crippen molar-refractivity contribution in [2.75, 3.05) is 13.4 Å². The van der Waals surface area contributed by atoms with Gasteiger partial charge in [-0.15, -0.1) is 0 Å². The zero-order chi connectivity index (χ0) is 21.2. The van der Waals surface area contributed by atoms with Crippen LogP contribution in [0.4, 0.5) is 0 Å². The molecule has 0 aliphatic carbocycles. The molecule has 2 aromatic rings. The molecule has 1 aliphatic heterocycles. The van der Waals surface area contributed by atoms with Gasteiger partial charge in [0.15, 0.2) is 6.79 Å². The Morgan fingerprint density at radius 2 is 1.83 bits per heavy atom. The highest BCUT2D eigenvalue weighted by Crippen LogP contribution is 2.43. The fraction of sp³-hybridized carbons (Fsp3) is 0.286. The number of carbonyl (C=O) groups excluding carboxylic acids is 1. The summed E-state index contributed by atoms with van der Waals surface area (Å²) in [6.07, 6.45) is 0.227. The second kappa shape index (κ2) is 8.94. The molecule has 0 fully saturated rings. The second-order valence-corrected chi connectivity index (χ2v) is 7.98. The molecule has 2 aromatic carbocycles. The number of hydrogen-bond donors (Lipinski definition) is 1. The van der Waals surface area contributed by atoms with Crippen molar-refractivity contribution >= 4 is 46.3 Å². The number of halogens is 3. The first-order chi connectivity index (χ1) is 13.8. The Labute approximate surface area is 184 Å². The van der Waals surface area contributed by atoms with Gasteiger partial charge in [-0.25, -0.2) is 9.90 Å². The van der Waals surface area contributed by atoms with Crippen molar-refractivity contribution in [2.45, 2.75) is 25.8 Å². The average Bonchev–Trinajstić information content (AvgIpc) is 2.85. The molecule has 8 heteroatoms. The predicted octanol–water partition coefficient (Wildman–Crippen LogP) is 5.69. The van der Waals surface area contributed by atoms with Gasteiger partial charge in [0.1, 0.15) is 11.3 Å². The van der Waals surface area contributed by atoms with Crippen molar-refractivity contribution in [2.24, 2.45) is 0 Å². The van der Waals surface area contributed by atoms with Gasteiger partial charge >= 0.3 is 0 Å². The van der Waals surface area contributed by atoms with E-state index >= 15 is 0 Å². The number of hydrogen-bond acceptors (Lipinski definition) is 4. The number of hydroxylamine groups is 2. The summed E-state index contributed by atoms with van der Waals surface area (Å²) in [7, 11) is 0. The molecule has 154 valence electrons. The molecule has 29 heavy (non-hydrogen) atoms. The maximum atomic E-state index is 13.2. The molecule has 0 saturated carbocycles. The fourth-order valence-electron chi connectivity index (χ4n) is 3.27. The van der Waals surface area contributed by atoms with E-state index in [4.69, 9.17) is 44.4 Å². The smallest absolute Gasteiger partial charge is 0.282 e. The van der Waals surface area contributed by atoms with Crippen LogP contribution in [0.1, 0.15) is 25.0 Å². The zero-order valence-electron chi connectivity index (χ0n) is 15.9. The van der Waals surface area contributed by atoms with Crippen LogP contribution in [-0.4, -0.2) is 35.0 Å². The zero-order valence-corrected chi connectivity index (χ0v) is 18.2. The Bertz CT molecular complexity index is 963. The molecular weight excluding hydrogens is 437 g/mol. The van der Waals surface area contributed by atoms with Gasteiger partial charge in [0, 0.05) is 28.6 Å². The molecule has 5 nitrogen and oxygen atoms in total. The number of carbonyl (C=O) groups is 1. The maximum Gasteiger partial charge on any atom is 0.282 e. The van der Waals surface area contributed by atoms with Gasteiger partial charge < -0.3 is 9.84 Å². The van der Waals surface area contributed by atoms with Crippen molar-refractivity contribution in [1.82, 2.24) is 5.06 Å². The summed E-state index contributed by atoms with van der Waals surface area (Å²) in [4.78, 5) is 18.9. The quantitative estimate of drug-likeness (QED) is 0.430. The van der Waals surface area contributed by atoms with E-state index < -0.39 is 11.4 Å². The minimum Gasteiger partial charge on any atom is -0.509 e. The summed E-state index contributed by atoms with van der Waals surface area (Å²) in [5, 5.41) is 13.5. The van der Waals surface area contributed by atoms with E-state index in [0.717, 1.165) is 10.6 Å². The lowest BCUT2D eigenvalue weighted by Crippen LogP contribution is -2.48.